The molecule has 0 unspecified atom stereocenters. The van der Waals surface area contributed by atoms with Gasteiger partial charge in [0.1, 0.15) is 4.60 Å². The van der Waals surface area contributed by atoms with Crippen LogP contribution in [0.25, 0.3) is 0 Å². The van der Waals surface area contributed by atoms with Crippen LogP contribution >= 0.6 is 15.9 Å². The van der Waals surface area contributed by atoms with Crippen LogP contribution in [0.15, 0.2) is 22.9 Å². The molecule has 0 aliphatic rings. The first-order valence-corrected chi connectivity index (χ1v) is 3.71. The van der Waals surface area contributed by atoms with Crippen molar-refractivity contribution in [1.82, 2.24) is 4.98 Å². The van der Waals surface area contributed by atoms with Gasteiger partial charge in [-0.2, -0.15) is 0 Å². The zero-order valence-corrected chi connectivity index (χ0v) is 6.93. The molecule has 1 N–H and O–H groups in total. The lowest BCUT2D eigenvalue weighted by Gasteiger charge is -1.92. The van der Waals surface area contributed by atoms with Crippen molar-refractivity contribution in [3.05, 3.63) is 28.5 Å². The summed E-state index contributed by atoms with van der Waals surface area (Å²) < 4.78 is 0.834. The molecular formula is C7H7BrN2. The highest BCUT2D eigenvalue weighted by molar-refractivity contribution is 9.10. The molecule has 0 aliphatic carbocycles. The summed E-state index contributed by atoms with van der Waals surface area (Å²) in [6, 6.07) is 3.82. The summed E-state index contributed by atoms with van der Waals surface area (Å²) in [4.78, 5) is 4.01. The maximum atomic E-state index is 6.83. The molecule has 0 radical (unpaired) electrons. The van der Waals surface area contributed by atoms with Crippen molar-refractivity contribution in [2.24, 2.45) is 0 Å². The Morgan fingerprint density at radius 2 is 2.40 bits per heavy atom. The molecule has 2 nitrogen and oxygen atoms in total. The van der Waals surface area contributed by atoms with Crippen LogP contribution in [0.5, 0.6) is 0 Å². The Morgan fingerprint density at radius 3 is 2.90 bits per heavy atom. The smallest absolute Gasteiger partial charge is 0.106 e. The highest BCUT2D eigenvalue weighted by Gasteiger charge is 1.89. The number of aromatic nitrogens is 1. The van der Waals surface area contributed by atoms with Crippen molar-refractivity contribution in [2.75, 3.05) is 0 Å². The predicted octanol–water partition coefficient (Wildman–Crippen LogP) is 2.04. The molecule has 1 rings (SSSR count). The highest BCUT2D eigenvalue weighted by Crippen LogP contribution is 2.05. The molecule has 1 heterocycles. The van der Waals surface area contributed by atoms with Gasteiger partial charge < -0.3 is 5.41 Å². The normalized spacial score (nSPS) is 9.30. The maximum Gasteiger partial charge on any atom is 0.106 e. The van der Waals surface area contributed by atoms with Crippen LogP contribution in [0.3, 0.4) is 0 Å². The fourth-order valence-electron chi connectivity index (χ4n) is 0.645. The summed E-state index contributed by atoms with van der Waals surface area (Å²) >= 11 is 3.23. The second-order valence-electron chi connectivity index (χ2n) is 1.90. The standard InChI is InChI=1S/C7H7BrN2/c8-7-2-1-6(3-4-9)5-10-7/h1-2,4-5,9H,3H2. The number of halogens is 1. The van der Waals surface area contributed by atoms with Crippen LogP contribution in [0.4, 0.5) is 0 Å². The summed E-state index contributed by atoms with van der Waals surface area (Å²) in [6.07, 6.45) is 3.79. The van der Waals surface area contributed by atoms with Crippen molar-refractivity contribution in [3.63, 3.8) is 0 Å². The second-order valence-corrected chi connectivity index (χ2v) is 2.71. The van der Waals surface area contributed by atoms with E-state index in [2.05, 4.69) is 20.9 Å². The predicted molar refractivity (Wildman–Crippen MR) is 44.4 cm³/mol. The second kappa shape index (κ2) is 3.46. The Bertz CT molecular complexity index is 218. The molecule has 0 spiro atoms. The molecule has 0 aromatic carbocycles. The van der Waals surface area contributed by atoms with Crippen LogP contribution in [0.2, 0.25) is 0 Å². The van der Waals surface area contributed by atoms with Gasteiger partial charge in [0.05, 0.1) is 0 Å². The summed E-state index contributed by atoms with van der Waals surface area (Å²) in [5, 5.41) is 6.83. The van der Waals surface area contributed by atoms with E-state index in [0.29, 0.717) is 6.42 Å². The minimum atomic E-state index is 0.667. The molecular weight excluding hydrogens is 192 g/mol. The monoisotopic (exact) mass is 198 g/mol. The van der Waals surface area contributed by atoms with E-state index in [1.807, 2.05) is 12.1 Å². The third kappa shape index (κ3) is 1.92. The Hall–Kier alpha value is -0.700. The Kier molecular flexibility index (Phi) is 2.57. The van der Waals surface area contributed by atoms with Gasteiger partial charge in [-0.15, -0.1) is 0 Å². The minimum absolute atomic E-state index is 0.667. The third-order valence-electron chi connectivity index (χ3n) is 1.13. The van der Waals surface area contributed by atoms with Gasteiger partial charge in [-0.1, -0.05) is 6.07 Å². The number of hydrogen-bond donors (Lipinski definition) is 1. The van der Waals surface area contributed by atoms with E-state index >= 15 is 0 Å². The SMILES string of the molecule is N=CCc1ccc(Br)nc1. The van der Waals surface area contributed by atoms with Gasteiger partial charge in [0.25, 0.3) is 0 Å². The number of hydrogen-bond acceptors (Lipinski definition) is 2. The minimum Gasteiger partial charge on any atom is -0.313 e. The van der Waals surface area contributed by atoms with Crippen LogP contribution in [-0.4, -0.2) is 11.2 Å². The first-order valence-electron chi connectivity index (χ1n) is 2.92. The van der Waals surface area contributed by atoms with Gasteiger partial charge in [-0.3, -0.25) is 0 Å². The third-order valence-corrected chi connectivity index (χ3v) is 1.60. The topological polar surface area (TPSA) is 36.7 Å². The average Bonchev–Trinajstić information content (AvgIpc) is 1.95. The number of rotatable bonds is 2. The molecule has 1 aromatic heterocycles. The van der Waals surface area contributed by atoms with E-state index in [-0.39, 0.29) is 0 Å². The molecule has 0 fully saturated rings. The average molecular weight is 199 g/mol. The van der Waals surface area contributed by atoms with E-state index in [4.69, 9.17) is 5.41 Å². The van der Waals surface area contributed by atoms with Crippen LogP contribution in [0, 0.1) is 5.41 Å². The van der Waals surface area contributed by atoms with Crippen molar-refractivity contribution >= 4 is 22.1 Å². The molecule has 0 saturated heterocycles. The van der Waals surface area contributed by atoms with E-state index in [1.165, 1.54) is 6.21 Å². The molecule has 0 bridgehead atoms. The van der Waals surface area contributed by atoms with E-state index in [9.17, 15) is 0 Å². The number of pyridine rings is 1. The quantitative estimate of drug-likeness (QED) is 0.574. The number of nitrogens with zero attached hydrogens (tertiary/aromatic N) is 1. The van der Waals surface area contributed by atoms with Crippen molar-refractivity contribution in [2.45, 2.75) is 6.42 Å². The summed E-state index contributed by atoms with van der Waals surface area (Å²) in [5.74, 6) is 0. The van der Waals surface area contributed by atoms with Crippen LogP contribution in [0.1, 0.15) is 5.56 Å². The van der Waals surface area contributed by atoms with Gasteiger partial charge in [0.15, 0.2) is 0 Å². The molecule has 10 heavy (non-hydrogen) atoms. The van der Waals surface area contributed by atoms with Gasteiger partial charge in [-0.05, 0) is 33.8 Å². The molecule has 0 aliphatic heterocycles. The number of nitrogens with one attached hydrogen (secondary N) is 1. The van der Waals surface area contributed by atoms with E-state index in [0.717, 1.165) is 10.2 Å². The van der Waals surface area contributed by atoms with Crippen LogP contribution in [-0.2, 0) is 6.42 Å². The molecule has 0 saturated carbocycles. The van der Waals surface area contributed by atoms with Gasteiger partial charge in [0.2, 0.25) is 0 Å². The zero-order valence-electron chi connectivity index (χ0n) is 5.34. The lowest BCUT2D eigenvalue weighted by atomic mass is 10.2. The Labute approximate surface area is 67.9 Å². The molecule has 0 atom stereocenters. The molecule has 1 aromatic rings. The summed E-state index contributed by atoms with van der Waals surface area (Å²) in [5.41, 5.74) is 1.07. The van der Waals surface area contributed by atoms with E-state index < -0.39 is 0 Å². The van der Waals surface area contributed by atoms with E-state index in [1.54, 1.807) is 6.20 Å². The lowest BCUT2D eigenvalue weighted by Crippen LogP contribution is -1.85. The summed E-state index contributed by atoms with van der Waals surface area (Å²) in [7, 11) is 0. The van der Waals surface area contributed by atoms with Gasteiger partial charge in [0, 0.05) is 12.6 Å². The molecule has 0 amide bonds. The fraction of sp³-hybridized carbons (Fsp3) is 0.143. The fourth-order valence-corrected chi connectivity index (χ4v) is 0.880. The molecule has 3 heteroatoms. The van der Waals surface area contributed by atoms with Crippen molar-refractivity contribution in [3.8, 4) is 0 Å². The van der Waals surface area contributed by atoms with Gasteiger partial charge >= 0.3 is 0 Å². The molecule has 52 valence electrons. The van der Waals surface area contributed by atoms with Gasteiger partial charge in [-0.25, -0.2) is 4.98 Å². The zero-order chi connectivity index (χ0) is 7.40. The highest BCUT2D eigenvalue weighted by atomic mass is 79.9. The van der Waals surface area contributed by atoms with Crippen molar-refractivity contribution < 1.29 is 0 Å². The first-order chi connectivity index (χ1) is 4.83. The van der Waals surface area contributed by atoms with Crippen molar-refractivity contribution in [1.29, 1.82) is 5.41 Å². The lowest BCUT2D eigenvalue weighted by molar-refractivity contribution is 1.19. The maximum absolute atomic E-state index is 6.83. The Balaban J connectivity index is 2.78. The largest absolute Gasteiger partial charge is 0.313 e. The Morgan fingerprint density at radius 1 is 1.60 bits per heavy atom. The van der Waals surface area contributed by atoms with Crippen LogP contribution < -0.4 is 0 Å². The first kappa shape index (κ1) is 7.41. The summed E-state index contributed by atoms with van der Waals surface area (Å²) in [6.45, 7) is 0.